The van der Waals surface area contributed by atoms with Crippen molar-refractivity contribution in [2.45, 2.75) is 11.8 Å². The quantitative estimate of drug-likeness (QED) is 0.624. The predicted octanol–water partition coefficient (Wildman–Crippen LogP) is 4.82. The van der Waals surface area contributed by atoms with Gasteiger partial charge in [-0.3, -0.25) is 4.98 Å². The molecule has 0 radical (unpaired) electrons. The second kappa shape index (κ2) is 5.09. The van der Waals surface area contributed by atoms with Crippen LogP contribution in [-0.2, 0) is 6.42 Å². The van der Waals surface area contributed by atoms with Gasteiger partial charge in [0.2, 0.25) is 0 Å². The molecule has 90 valence electrons. The number of thiophene rings is 1. The maximum absolute atomic E-state index is 6.55. The molecule has 0 saturated carbocycles. The summed E-state index contributed by atoms with van der Waals surface area (Å²) >= 11 is 8.30. The molecule has 2 heterocycles. The van der Waals surface area contributed by atoms with Gasteiger partial charge in [-0.1, -0.05) is 18.2 Å². The summed E-state index contributed by atoms with van der Waals surface area (Å²) in [5.74, 6) is 0. The smallest absolute Gasteiger partial charge is 0.0639 e. The normalized spacial score (nSPS) is 12.7. The molecular weight excluding hydrogens is 262 g/mol. The topological polar surface area (TPSA) is 12.9 Å². The molecule has 0 amide bonds. The highest BCUT2D eigenvalue weighted by atomic mass is 35.5. The molecule has 0 spiro atoms. The molecule has 2 aromatic heterocycles. The zero-order valence-electron chi connectivity index (χ0n) is 9.71. The van der Waals surface area contributed by atoms with Crippen molar-refractivity contribution < 1.29 is 0 Å². The van der Waals surface area contributed by atoms with E-state index in [1.807, 2.05) is 24.5 Å². The third-order valence-electron chi connectivity index (χ3n) is 3.01. The van der Waals surface area contributed by atoms with Crippen molar-refractivity contribution in [3.8, 4) is 0 Å². The highest BCUT2D eigenvalue weighted by molar-refractivity contribution is 7.17. The van der Waals surface area contributed by atoms with E-state index < -0.39 is 0 Å². The molecule has 3 heteroatoms. The van der Waals surface area contributed by atoms with Crippen molar-refractivity contribution in [1.29, 1.82) is 0 Å². The number of nitrogens with zero attached hydrogens (tertiary/aromatic N) is 1. The number of rotatable bonds is 3. The summed E-state index contributed by atoms with van der Waals surface area (Å²) in [7, 11) is 0. The van der Waals surface area contributed by atoms with Crippen LogP contribution >= 0.6 is 22.9 Å². The lowest BCUT2D eigenvalue weighted by Gasteiger charge is -2.08. The minimum absolute atomic E-state index is 0.0172. The van der Waals surface area contributed by atoms with Crippen molar-refractivity contribution >= 4 is 33.0 Å². The fourth-order valence-corrected chi connectivity index (χ4v) is 3.53. The first kappa shape index (κ1) is 11.7. The van der Waals surface area contributed by atoms with Crippen LogP contribution in [0.5, 0.6) is 0 Å². The van der Waals surface area contributed by atoms with Crippen LogP contribution < -0.4 is 0 Å². The fourth-order valence-electron chi connectivity index (χ4n) is 2.08. The third-order valence-corrected chi connectivity index (χ3v) is 4.38. The van der Waals surface area contributed by atoms with Gasteiger partial charge in [0.1, 0.15) is 0 Å². The van der Waals surface area contributed by atoms with E-state index in [4.69, 9.17) is 11.6 Å². The molecule has 1 unspecified atom stereocenters. The number of alkyl halides is 1. The lowest BCUT2D eigenvalue weighted by molar-refractivity contribution is 0.928. The highest BCUT2D eigenvalue weighted by Gasteiger charge is 2.13. The number of hydrogen-bond donors (Lipinski definition) is 0. The lowest BCUT2D eigenvalue weighted by atomic mass is 10.0. The minimum atomic E-state index is 0.0172. The van der Waals surface area contributed by atoms with Crippen molar-refractivity contribution in [2.24, 2.45) is 0 Å². The van der Waals surface area contributed by atoms with Crippen LogP contribution in [0.25, 0.3) is 10.1 Å². The van der Waals surface area contributed by atoms with Crippen LogP contribution in [0.2, 0.25) is 0 Å². The van der Waals surface area contributed by atoms with Crippen molar-refractivity contribution in [3.05, 3.63) is 65.3 Å². The maximum Gasteiger partial charge on any atom is 0.0639 e. The summed E-state index contributed by atoms with van der Waals surface area (Å²) < 4.78 is 1.30. The maximum atomic E-state index is 6.55. The molecular formula is C15H12ClNS. The Kier molecular flexibility index (Phi) is 3.31. The number of benzene rings is 1. The van der Waals surface area contributed by atoms with Gasteiger partial charge in [0.25, 0.3) is 0 Å². The summed E-state index contributed by atoms with van der Waals surface area (Å²) in [6.45, 7) is 0. The van der Waals surface area contributed by atoms with Crippen LogP contribution in [0.1, 0.15) is 16.5 Å². The van der Waals surface area contributed by atoms with Crippen molar-refractivity contribution in [2.75, 3.05) is 0 Å². The molecule has 0 fully saturated rings. The first-order chi connectivity index (χ1) is 8.84. The molecule has 3 aromatic rings. The van der Waals surface area contributed by atoms with Crippen molar-refractivity contribution in [3.63, 3.8) is 0 Å². The summed E-state index contributed by atoms with van der Waals surface area (Å²) in [6, 6.07) is 12.4. The molecule has 0 aliphatic heterocycles. The zero-order chi connectivity index (χ0) is 12.4. The Labute approximate surface area is 115 Å². The van der Waals surface area contributed by atoms with E-state index in [1.54, 1.807) is 11.3 Å². The second-order valence-corrected chi connectivity index (χ2v) is 5.65. The Bertz CT molecular complexity index is 648. The van der Waals surface area contributed by atoms with Gasteiger partial charge in [0.05, 0.1) is 5.38 Å². The molecule has 0 bridgehead atoms. The van der Waals surface area contributed by atoms with Crippen LogP contribution in [0.4, 0.5) is 0 Å². The molecule has 0 aliphatic carbocycles. The molecule has 1 aromatic carbocycles. The highest BCUT2D eigenvalue weighted by Crippen LogP contribution is 2.35. The SMILES string of the molecule is ClC(Cc1ccncc1)c1csc2ccccc12. The van der Waals surface area contributed by atoms with Gasteiger partial charge in [-0.25, -0.2) is 0 Å². The van der Waals surface area contributed by atoms with E-state index in [1.165, 1.54) is 21.2 Å². The Morgan fingerprint density at radius 1 is 1.11 bits per heavy atom. The van der Waals surface area contributed by atoms with Crippen LogP contribution in [0.3, 0.4) is 0 Å². The van der Waals surface area contributed by atoms with Gasteiger partial charge < -0.3 is 0 Å². The number of fused-ring (bicyclic) bond motifs is 1. The van der Waals surface area contributed by atoms with Gasteiger partial charge in [0.15, 0.2) is 0 Å². The van der Waals surface area contributed by atoms with Gasteiger partial charge in [0, 0.05) is 17.1 Å². The van der Waals surface area contributed by atoms with E-state index in [9.17, 15) is 0 Å². The molecule has 0 N–H and O–H groups in total. The van der Waals surface area contributed by atoms with Crippen LogP contribution in [-0.4, -0.2) is 4.98 Å². The predicted molar refractivity (Wildman–Crippen MR) is 78.4 cm³/mol. The Hall–Kier alpha value is -1.38. The molecule has 0 saturated heterocycles. The Morgan fingerprint density at radius 3 is 2.72 bits per heavy atom. The van der Waals surface area contributed by atoms with Gasteiger partial charge in [-0.15, -0.1) is 22.9 Å². The van der Waals surface area contributed by atoms with Gasteiger partial charge in [-0.2, -0.15) is 0 Å². The first-order valence-corrected chi connectivity index (χ1v) is 7.15. The molecule has 0 aliphatic rings. The Morgan fingerprint density at radius 2 is 1.89 bits per heavy atom. The largest absolute Gasteiger partial charge is 0.265 e. The van der Waals surface area contributed by atoms with Crippen LogP contribution in [0, 0.1) is 0 Å². The van der Waals surface area contributed by atoms with E-state index in [0.717, 1.165) is 6.42 Å². The van der Waals surface area contributed by atoms with E-state index in [-0.39, 0.29) is 5.38 Å². The Balaban J connectivity index is 1.90. The van der Waals surface area contributed by atoms with Crippen molar-refractivity contribution in [1.82, 2.24) is 4.98 Å². The minimum Gasteiger partial charge on any atom is -0.265 e. The molecule has 3 rings (SSSR count). The second-order valence-electron chi connectivity index (χ2n) is 4.21. The number of hydrogen-bond acceptors (Lipinski definition) is 2. The standard InChI is InChI=1S/C15H12ClNS/c16-14(9-11-5-7-17-8-6-11)13-10-18-15-4-2-1-3-12(13)15/h1-8,10,14H,9H2. The summed E-state index contributed by atoms with van der Waals surface area (Å²) in [5.41, 5.74) is 2.45. The average molecular weight is 274 g/mol. The molecule has 1 nitrogen and oxygen atoms in total. The van der Waals surface area contributed by atoms with Gasteiger partial charge in [-0.05, 0) is 46.5 Å². The monoisotopic (exact) mass is 273 g/mol. The number of aromatic nitrogens is 1. The van der Waals surface area contributed by atoms with E-state index >= 15 is 0 Å². The molecule has 1 atom stereocenters. The summed E-state index contributed by atoms with van der Waals surface area (Å²) in [4.78, 5) is 4.02. The number of halogens is 1. The average Bonchev–Trinajstić information content (AvgIpc) is 2.84. The molecule has 18 heavy (non-hydrogen) atoms. The summed E-state index contributed by atoms with van der Waals surface area (Å²) in [6.07, 6.45) is 4.46. The zero-order valence-corrected chi connectivity index (χ0v) is 11.3. The van der Waals surface area contributed by atoms with E-state index in [0.29, 0.717) is 0 Å². The lowest BCUT2D eigenvalue weighted by Crippen LogP contribution is -1.94. The van der Waals surface area contributed by atoms with E-state index in [2.05, 4.69) is 34.6 Å². The van der Waals surface area contributed by atoms with Gasteiger partial charge >= 0.3 is 0 Å². The number of pyridine rings is 1. The van der Waals surface area contributed by atoms with Crippen LogP contribution in [0.15, 0.2) is 54.2 Å². The first-order valence-electron chi connectivity index (χ1n) is 5.83. The summed E-state index contributed by atoms with van der Waals surface area (Å²) in [5, 5.41) is 3.46. The fraction of sp³-hybridized carbons (Fsp3) is 0.133. The third kappa shape index (κ3) is 2.26.